The molecule has 0 atom stereocenters. The molecule has 0 unspecified atom stereocenters. The Morgan fingerprint density at radius 1 is 1.07 bits per heavy atom. The van der Waals surface area contributed by atoms with E-state index in [9.17, 15) is 4.79 Å². The minimum Gasteiger partial charge on any atom is -0.302 e. The van der Waals surface area contributed by atoms with Crippen LogP contribution >= 0.6 is 46.3 Å². The summed E-state index contributed by atoms with van der Waals surface area (Å²) in [6.07, 6.45) is 0. The molecule has 4 nitrogen and oxygen atoms in total. The van der Waals surface area contributed by atoms with Crippen molar-refractivity contribution < 1.29 is 4.79 Å². The van der Waals surface area contributed by atoms with Gasteiger partial charge in [0.25, 0.3) is 0 Å². The monoisotopic (exact) mass is 481 g/mol. The van der Waals surface area contributed by atoms with Crippen LogP contribution in [0.1, 0.15) is 19.4 Å². The lowest BCUT2D eigenvalue weighted by molar-refractivity contribution is -0.116. The zero-order valence-electron chi connectivity index (χ0n) is 17.3. The average Bonchev–Trinajstić information content (AvgIpc) is 3.18. The van der Waals surface area contributed by atoms with E-state index in [1.54, 1.807) is 0 Å². The second-order valence-electron chi connectivity index (χ2n) is 6.83. The first kappa shape index (κ1) is 23.4. The molecule has 0 aliphatic rings. The van der Waals surface area contributed by atoms with E-state index in [0.29, 0.717) is 22.3 Å². The summed E-state index contributed by atoms with van der Waals surface area (Å²) < 4.78 is 1.04. The van der Waals surface area contributed by atoms with E-state index in [-0.39, 0.29) is 5.91 Å². The minimum atomic E-state index is 0.0462. The standard InChI is InChI=1S/C22H25Cl2N3OS2/c1-4-26(5-2)12-13-27(20(28)14-29-17-8-6-16(23)7-9-17)22-25-21-15(3)18(24)10-11-19(21)30-22/h6-11H,4-5,12-14H2,1-3H3. The maximum atomic E-state index is 13.2. The third kappa shape index (κ3) is 5.68. The minimum absolute atomic E-state index is 0.0462. The Bertz CT molecular complexity index is 1000. The molecule has 0 saturated heterocycles. The number of anilines is 1. The topological polar surface area (TPSA) is 36.4 Å². The number of benzene rings is 2. The quantitative estimate of drug-likeness (QED) is 0.332. The Morgan fingerprint density at radius 2 is 1.77 bits per heavy atom. The first-order chi connectivity index (χ1) is 14.4. The van der Waals surface area contributed by atoms with Gasteiger partial charge in [0.05, 0.1) is 16.0 Å². The van der Waals surface area contributed by atoms with Crippen molar-refractivity contribution in [3.05, 3.63) is 52.0 Å². The van der Waals surface area contributed by atoms with Crippen molar-refractivity contribution in [1.82, 2.24) is 9.88 Å². The molecule has 0 aliphatic heterocycles. The number of rotatable bonds is 9. The van der Waals surface area contributed by atoms with Crippen LogP contribution in [-0.4, -0.2) is 47.7 Å². The molecule has 1 heterocycles. The maximum absolute atomic E-state index is 13.2. The van der Waals surface area contributed by atoms with Crippen LogP contribution in [0.15, 0.2) is 41.3 Å². The van der Waals surface area contributed by atoms with Gasteiger partial charge in [-0.15, -0.1) is 11.8 Å². The van der Waals surface area contributed by atoms with Crippen molar-refractivity contribution in [2.24, 2.45) is 0 Å². The molecule has 160 valence electrons. The number of aromatic nitrogens is 1. The average molecular weight is 483 g/mol. The Balaban J connectivity index is 1.83. The predicted molar refractivity (Wildman–Crippen MR) is 132 cm³/mol. The molecule has 0 radical (unpaired) electrons. The second kappa shape index (κ2) is 10.8. The number of aryl methyl sites for hydroxylation is 1. The van der Waals surface area contributed by atoms with E-state index in [0.717, 1.165) is 45.4 Å². The molecular weight excluding hydrogens is 457 g/mol. The van der Waals surface area contributed by atoms with E-state index in [2.05, 4.69) is 18.7 Å². The van der Waals surface area contributed by atoms with Crippen molar-refractivity contribution in [2.45, 2.75) is 25.7 Å². The van der Waals surface area contributed by atoms with E-state index in [4.69, 9.17) is 28.2 Å². The van der Waals surface area contributed by atoms with Crippen LogP contribution in [0, 0.1) is 6.92 Å². The molecule has 1 aromatic heterocycles. The van der Waals surface area contributed by atoms with Gasteiger partial charge in [-0.1, -0.05) is 48.4 Å². The zero-order valence-corrected chi connectivity index (χ0v) is 20.5. The number of halogens is 2. The highest BCUT2D eigenvalue weighted by Gasteiger charge is 2.21. The lowest BCUT2D eigenvalue weighted by Gasteiger charge is -2.24. The summed E-state index contributed by atoms with van der Waals surface area (Å²) in [4.78, 5) is 23.1. The molecular formula is C22H25Cl2N3OS2. The fraction of sp³-hybridized carbons (Fsp3) is 0.364. The molecule has 3 rings (SSSR count). The van der Waals surface area contributed by atoms with Crippen LogP contribution in [0.5, 0.6) is 0 Å². The number of carbonyl (C=O) groups is 1. The lowest BCUT2D eigenvalue weighted by Crippen LogP contribution is -2.39. The number of thioether (sulfide) groups is 1. The van der Waals surface area contributed by atoms with Crippen molar-refractivity contribution in [3.8, 4) is 0 Å². The highest BCUT2D eigenvalue weighted by Crippen LogP contribution is 2.34. The molecule has 0 saturated carbocycles. The Kier molecular flexibility index (Phi) is 8.43. The van der Waals surface area contributed by atoms with Gasteiger partial charge in [-0.3, -0.25) is 9.69 Å². The molecule has 2 aromatic carbocycles. The molecule has 0 bridgehead atoms. The number of carbonyl (C=O) groups excluding carboxylic acids is 1. The summed E-state index contributed by atoms with van der Waals surface area (Å²) in [5, 5.41) is 2.11. The van der Waals surface area contributed by atoms with E-state index < -0.39 is 0 Å². The first-order valence-corrected chi connectivity index (χ1v) is 12.5. The number of hydrogen-bond donors (Lipinski definition) is 0. The molecule has 0 aliphatic carbocycles. The van der Waals surface area contributed by atoms with Gasteiger partial charge in [0.2, 0.25) is 5.91 Å². The van der Waals surface area contributed by atoms with Gasteiger partial charge in [0.15, 0.2) is 5.13 Å². The van der Waals surface area contributed by atoms with E-state index in [1.165, 1.54) is 23.1 Å². The largest absolute Gasteiger partial charge is 0.302 e. The normalized spacial score (nSPS) is 11.4. The second-order valence-corrected chi connectivity index (χ2v) is 9.73. The summed E-state index contributed by atoms with van der Waals surface area (Å²) in [5.41, 5.74) is 1.82. The van der Waals surface area contributed by atoms with Crippen LogP contribution in [0.2, 0.25) is 10.0 Å². The van der Waals surface area contributed by atoms with Gasteiger partial charge < -0.3 is 4.90 Å². The number of hydrogen-bond acceptors (Lipinski definition) is 5. The van der Waals surface area contributed by atoms with Gasteiger partial charge in [-0.2, -0.15) is 0 Å². The predicted octanol–water partition coefficient (Wildman–Crippen LogP) is 6.38. The Labute approximate surface area is 196 Å². The summed E-state index contributed by atoms with van der Waals surface area (Å²) in [7, 11) is 0. The van der Waals surface area contributed by atoms with Gasteiger partial charge in [0, 0.05) is 28.0 Å². The Hall–Kier alpha value is -1.31. The zero-order chi connectivity index (χ0) is 21.7. The highest BCUT2D eigenvalue weighted by molar-refractivity contribution is 8.00. The summed E-state index contributed by atoms with van der Waals surface area (Å²) in [6.45, 7) is 9.55. The van der Waals surface area contributed by atoms with Crippen LogP contribution in [-0.2, 0) is 4.79 Å². The molecule has 30 heavy (non-hydrogen) atoms. The van der Waals surface area contributed by atoms with Crippen molar-refractivity contribution in [3.63, 3.8) is 0 Å². The number of likely N-dealkylation sites (N-methyl/N-ethyl adjacent to an activating group) is 1. The SMILES string of the molecule is CCN(CC)CCN(C(=O)CSc1ccc(Cl)cc1)c1nc2c(C)c(Cl)ccc2s1. The number of nitrogens with zero attached hydrogens (tertiary/aromatic N) is 3. The molecule has 3 aromatic rings. The Morgan fingerprint density at radius 3 is 2.43 bits per heavy atom. The number of amides is 1. The van der Waals surface area contributed by atoms with Crippen LogP contribution in [0.4, 0.5) is 5.13 Å². The number of fused-ring (bicyclic) bond motifs is 1. The van der Waals surface area contributed by atoms with Crippen molar-refractivity contribution in [2.75, 3.05) is 36.8 Å². The fourth-order valence-corrected chi connectivity index (χ4v) is 5.19. The molecule has 0 N–H and O–H groups in total. The molecule has 0 spiro atoms. The van der Waals surface area contributed by atoms with Gasteiger partial charge >= 0.3 is 0 Å². The third-order valence-electron chi connectivity index (χ3n) is 4.98. The third-order valence-corrected chi connectivity index (χ3v) is 7.68. The molecule has 0 fully saturated rings. The highest BCUT2D eigenvalue weighted by atomic mass is 35.5. The first-order valence-electron chi connectivity index (χ1n) is 9.89. The van der Waals surface area contributed by atoms with E-state index >= 15 is 0 Å². The lowest BCUT2D eigenvalue weighted by atomic mass is 10.2. The van der Waals surface area contributed by atoms with Crippen molar-refractivity contribution in [1.29, 1.82) is 0 Å². The van der Waals surface area contributed by atoms with Gasteiger partial charge in [-0.05, 0) is 62.0 Å². The summed E-state index contributed by atoms with van der Waals surface area (Å²) in [6, 6.07) is 11.4. The molecule has 8 heteroatoms. The van der Waals surface area contributed by atoms with Gasteiger partial charge in [0.1, 0.15) is 0 Å². The fourth-order valence-electron chi connectivity index (χ4n) is 3.07. The van der Waals surface area contributed by atoms with Crippen LogP contribution < -0.4 is 4.90 Å². The van der Waals surface area contributed by atoms with Crippen LogP contribution in [0.25, 0.3) is 10.2 Å². The summed E-state index contributed by atoms with van der Waals surface area (Å²) in [5.74, 6) is 0.389. The van der Waals surface area contributed by atoms with Crippen LogP contribution in [0.3, 0.4) is 0 Å². The van der Waals surface area contributed by atoms with Gasteiger partial charge in [-0.25, -0.2) is 4.98 Å². The smallest absolute Gasteiger partial charge is 0.239 e. The summed E-state index contributed by atoms with van der Waals surface area (Å²) >= 11 is 15.3. The number of thiazole rings is 1. The maximum Gasteiger partial charge on any atom is 0.239 e. The van der Waals surface area contributed by atoms with Crippen molar-refractivity contribution >= 4 is 67.6 Å². The molecule has 1 amide bonds. The van der Waals surface area contributed by atoms with E-state index in [1.807, 2.05) is 48.2 Å².